The summed E-state index contributed by atoms with van der Waals surface area (Å²) in [6, 6.07) is 15.8. The minimum Gasteiger partial charge on any atom is -0.494 e. The maximum Gasteiger partial charge on any atom is 0.322 e. The van der Waals surface area contributed by atoms with Gasteiger partial charge in [0.2, 0.25) is 0 Å². The predicted octanol–water partition coefficient (Wildman–Crippen LogP) is 3.83. The Hall–Kier alpha value is -2.73. The number of nitrogens with one attached hydrogen (secondary N) is 1. The molecule has 0 atom stereocenters. The number of nitrogens with zero attached hydrogens (tertiary/aromatic N) is 2. The van der Waals surface area contributed by atoms with Crippen LogP contribution in [0.2, 0.25) is 0 Å². The second-order valence-corrected chi connectivity index (χ2v) is 6.70. The standard InChI is InChI=1S/C22H29N3O3/c1-3-27-19-10-11-21(28-4-2)20(16-19)23-22(26)25-14-12-24(13-15-25)17-18-8-6-5-7-9-18/h5-11,16H,3-4,12-15,17H2,1-2H3,(H,23,26). The lowest BCUT2D eigenvalue weighted by atomic mass is 10.2. The van der Waals surface area contributed by atoms with Crippen molar-refractivity contribution >= 4 is 11.7 Å². The van der Waals surface area contributed by atoms with E-state index in [0.29, 0.717) is 43.5 Å². The lowest BCUT2D eigenvalue weighted by molar-refractivity contribution is 0.143. The van der Waals surface area contributed by atoms with Crippen LogP contribution in [0.25, 0.3) is 0 Å². The van der Waals surface area contributed by atoms with Crippen LogP contribution < -0.4 is 14.8 Å². The topological polar surface area (TPSA) is 54.0 Å². The number of hydrogen-bond acceptors (Lipinski definition) is 4. The first-order valence-electron chi connectivity index (χ1n) is 9.91. The summed E-state index contributed by atoms with van der Waals surface area (Å²) in [5.74, 6) is 1.37. The molecule has 6 heteroatoms. The molecular formula is C22H29N3O3. The zero-order valence-electron chi connectivity index (χ0n) is 16.7. The van der Waals surface area contributed by atoms with Gasteiger partial charge in [-0.1, -0.05) is 30.3 Å². The zero-order chi connectivity index (χ0) is 19.8. The highest BCUT2D eigenvalue weighted by Gasteiger charge is 2.22. The second kappa shape index (κ2) is 9.99. The van der Waals surface area contributed by atoms with Crippen molar-refractivity contribution in [1.29, 1.82) is 0 Å². The van der Waals surface area contributed by atoms with Crippen LogP contribution in [0.3, 0.4) is 0 Å². The number of piperazine rings is 1. The second-order valence-electron chi connectivity index (χ2n) is 6.70. The summed E-state index contributed by atoms with van der Waals surface area (Å²) in [7, 11) is 0. The Morgan fingerprint density at radius 3 is 2.36 bits per heavy atom. The van der Waals surface area contributed by atoms with E-state index in [1.807, 2.05) is 43.0 Å². The summed E-state index contributed by atoms with van der Waals surface area (Å²) in [6.45, 7) is 9.01. The summed E-state index contributed by atoms with van der Waals surface area (Å²) in [4.78, 5) is 17.0. The Kier molecular flexibility index (Phi) is 7.14. The predicted molar refractivity (Wildman–Crippen MR) is 111 cm³/mol. The Bertz CT molecular complexity index is 759. The molecule has 0 saturated carbocycles. The minimum atomic E-state index is -0.103. The van der Waals surface area contributed by atoms with Crippen molar-refractivity contribution in [3.8, 4) is 11.5 Å². The van der Waals surface area contributed by atoms with Gasteiger partial charge in [0, 0.05) is 38.8 Å². The van der Waals surface area contributed by atoms with Gasteiger partial charge in [0.25, 0.3) is 0 Å². The number of hydrogen-bond donors (Lipinski definition) is 1. The molecule has 1 fully saturated rings. The number of amides is 2. The van der Waals surface area contributed by atoms with Crippen LogP contribution in [-0.4, -0.2) is 55.2 Å². The fourth-order valence-corrected chi connectivity index (χ4v) is 3.29. The van der Waals surface area contributed by atoms with Crippen LogP contribution in [0, 0.1) is 0 Å². The first-order chi connectivity index (χ1) is 13.7. The summed E-state index contributed by atoms with van der Waals surface area (Å²) in [5, 5.41) is 2.99. The average Bonchev–Trinajstić information content (AvgIpc) is 2.71. The Morgan fingerprint density at radius 2 is 1.68 bits per heavy atom. The van der Waals surface area contributed by atoms with Crippen molar-refractivity contribution < 1.29 is 14.3 Å². The Labute approximate surface area is 167 Å². The van der Waals surface area contributed by atoms with E-state index in [2.05, 4.69) is 34.5 Å². The molecule has 2 amide bonds. The summed E-state index contributed by atoms with van der Waals surface area (Å²) >= 11 is 0. The van der Waals surface area contributed by atoms with Gasteiger partial charge in [-0.25, -0.2) is 4.79 Å². The average molecular weight is 383 g/mol. The third kappa shape index (κ3) is 5.39. The van der Waals surface area contributed by atoms with Crippen LogP contribution in [0.15, 0.2) is 48.5 Å². The maximum atomic E-state index is 12.8. The Morgan fingerprint density at radius 1 is 0.964 bits per heavy atom. The lowest BCUT2D eigenvalue weighted by Crippen LogP contribution is -2.49. The molecule has 28 heavy (non-hydrogen) atoms. The van der Waals surface area contributed by atoms with E-state index < -0.39 is 0 Å². The smallest absolute Gasteiger partial charge is 0.322 e. The SMILES string of the molecule is CCOc1ccc(OCC)c(NC(=O)N2CCN(Cc3ccccc3)CC2)c1. The van der Waals surface area contributed by atoms with Crippen molar-refractivity contribution in [2.75, 3.05) is 44.7 Å². The quantitative estimate of drug-likeness (QED) is 0.789. The van der Waals surface area contributed by atoms with E-state index in [4.69, 9.17) is 9.47 Å². The largest absolute Gasteiger partial charge is 0.494 e. The molecule has 1 heterocycles. The van der Waals surface area contributed by atoms with E-state index in [1.54, 1.807) is 0 Å². The molecule has 1 saturated heterocycles. The number of carbonyl (C=O) groups excluding carboxylic acids is 1. The molecule has 3 rings (SSSR count). The highest BCUT2D eigenvalue weighted by molar-refractivity contribution is 5.91. The van der Waals surface area contributed by atoms with Crippen LogP contribution in [0.5, 0.6) is 11.5 Å². The molecule has 1 aliphatic heterocycles. The zero-order valence-corrected chi connectivity index (χ0v) is 16.7. The van der Waals surface area contributed by atoms with Gasteiger partial charge in [0.05, 0.1) is 18.9 Å². The molecule has 6 nitrogen and oxygen atoms in total. The number of ether oxygens (including phenoxy) is 2. The molecule has 0 unspecified atom stereocenters. The van der Waals surface area contributed by atoms with Gasteiger partial charge in [0.15, 0.2) is 0 Å². The molecule has 2 aromatic carbocycles. The van der Waals surface area contributed by atoms with Crippen molar-refractivity contribution in [3.63, 3.8) is 0 Å². The van der Waals surface area contributed by atoms with Crippen LogP contribution in [0.1, 0.15) is 19.4 Å². The Balaban J connectivity index is 1.57. The molecule has 0 aromatic heterocycles. The van der Waals surface area contributed by atoms with Gasteiger partial charge in [-0.15, -0.1) is 0 Å². The number of carbonyl (C=O) groups is 1. The number of anilines is 1. The number of benzene rings is 2. The summed E-state index contributed by atoms with van der Waals surface area (Å²) < 4.78 is 11.2. The van der Waals surface area contributed by atoms with Crippen LogP contribution in [0.4, 0.5) is 10.5 Å². The van der Waals surface area contributed by atoms with Gasteiger partial charge in [-0.2, -0.15) is 0 Å². The molecule has 0 radical (unpaired) electrons. The van der Waals surface area contributed by atoms with Gasteiger partial charge < -0.3 is 19.7 Å². The van der Waals surface area contributed by atoms with Crippen LogP contribution in [-0.2, 0) is 6.54 Å². The van der Waals surface area contributed by atoms with Crippen molar-refractivity contribution in [2.45, 2.75) is 20.4 Å². The molecule has 0 aliphatic carbocycles. The van der Waals surface area contributed by atoms with E-state index in [-0.39, 0.29) is 6.03 Å². The molecule has 150 valence electrons. The molecule has 1 N–H and O–H groups in total. The third-order valence-electron chi connectivity index (χ3n) is 4.71. The minimum absolute atomic E-state index is 0.103. The fraction of sp³-hybridized carbons (Fsp3) is 0.409. The molecule has 1 aliphatic rings. The lowest BCUT2D eigenvalue weighted by Gasteiger charge is -2.34. The van der Waals surface area contributed by atoms with Crippen LogP contribution >= 0.6 is 0 Å². The fourth-order valence-electron chi connectivity index (χ4n) is 3.29. The van der Waals surface area contributed by atoms with Gasteiger partial charge in [0.1, 0.15) is 11.5 Å². The highest BCUT2D eigenvalue weighted by atomic mass is 16.5. The third-order valence-corrected chi connectivity index (χ3v) is 4.71. The first kappa shape index (κ1) is 20.0. The normalized spacial score (nSPS) is 14.6. The highest BCUT2D eigenvalue weighted by Crippen LogP contribution is 2.29. The van der Waals surface area contributed by atoms with E-state index in [0.717, 1.165) is 19.6 Å². The number of urea groups is 1. The van der Waals surface area contributed by atoms with Gasteiger partial charge >= 0.3 is 6.03 Å². The molecule has 0 bridgehead atoms. The summed E-state index contributed by atoms with van der Waals surface area (Å²) in [5.41, 5.74) is 1.94. The van der Waals surface area contributed by atoms with Gasteiger partial charge in [-0.3, -0.25) is 4.90 Å². The summed E-state index contributed by atoms with van der Waals surface area (Å²) in [6.07, 6.45) is 0. The van der Waals surface area contributed by atoms with Crippen molar-refractivity contribution in [3.05, 3.63) is 54.1 Å². The number of rotatable bonds is 7. The van der Waals surface area contributed by atoms with E-state index in [1.165, 1.54) is 5.56 Å². The maximum absolute atomic E-state index is 12.8. The van der Waals surface area contributed by atoms with E-state index >= 15 is 0 Å². The molecule has 0 spiro atoms. The monoisotopic (exact) mass is 383 g/mol. The first-order valence-corrected chi connectivity index (χ1v) is 9.91. The molecular weight excluding hydrogens is 354 g/mol. The van der Waals surface area contributed by atoms with E-state index in [9.17, 15) is 4.79 Å². The van der Waals surface area contributed by atoms with Crippen molar-refractivity contribution in [2.24, 2.45) is 0 Å². The van der Waals surface area contributed by atoms with Crippen molar-refractivity contribution in [1.82, 2.24) is 9.80 Å². The molecule has 2 aromatic rings. The van der Waals surface area contributed by atoms with Gasteiger partial charge in [-0.05, 0) is 31.5 Å².